The monoisotopic (exact) mass is 220 g/mol. The van der Waals surface area contributed by atoms with Gasteiger partial charge in [-0.2, -0.15) is 8.42 Å². The van der Waals surface area contributed by atoms with Gasteiger partial charge < -0.3 is 0 Å². The molecule has 0 heterocycles. The van der Waals surface area contributed by atoms with Gasteiger partial charge in [0.1, 0.15) is 0 Å². The van der Waals surface area contributed by atoms with E-state index in [1.54, 1.807) is 6.92 Å². The fourth-order valence-electron chi connectivity index (χ4n) is 1.98. The second kappa shape index (κ2) is 5.12. The third-order valence-corrected chi connectivity index (χ3v) is 4.27. The fourth-order valence-corrected chi connectivity index (χ4v) is 2.74. The van der Waals surface area contributed by atoms with Crippen molar-refractivity contribution in [2.45, 2.75) is 52.1 Å². The van der Waals surface area contributed by atoms with E-state index in [0.717, 1.165) is 12.8 Å². The molecule has 1 fully saturated rings. The van der Waals surface area contributed by atoms with Crippen LogP contribution in [-0.2, 0) is 14.3 Å². The van der Waals surface area contributed by atoms with Crippen LogP contribution < -0.4 is 0 Å². The molecule has 1 atom stereocenters. The van der Waals surface area contributed by atoms with Crippen LogP contribution in [0.1, 0.15) is 46.0 Å². The zero-order valence-electron chi connectivity index (χ0n) is 9.03. The molecule has 1 rings (SSSR count). The third-order valence-electron chi connectivity index (χ3n) is 2.97. The van der Waals surface area contributed by atoms with Gasteiger partial charge in [0.05, 0.1) is 11.9 Å². The first-order valence-electron chi connectivity index (χ1n) is 5.46. The first-order chi connectivity index (χ1) is 6.55. The van der Waals surface area contributed by atoms with Crippen LogP contribution in [0.2, 0.25) is 0 Å². The van der Waals surface area contributed by atoms with Crippen molar-refractivity contribution in [3.05, 3.63) is 0 Å². The number of hydrogen-bond donors (Lipinski definition) is 0. The molecule has 0 saturated heterocycles. The van der Waals surface area contributed by atoms with E-state index in [2.05, 4.69) is 0 Å². The van der Waals surface area contributed by atoms with Crippen LogP contribution in [0.25, 0.3) is 0 Å². The molecule has 0 aromatic heterocycles. The first kappa shape index (κ1) is 12.0. The second-order valence-electron chi connectivity index (χ2n) is 4.05. The van der Waals surface area contributed by atoms with E-state index in [9.17, 15) is 8.42 Å². The fraction of sp³-hybridized carbons (Fsp3) is 1.00. The average molecular weight is 220 g/mol. The van der Waals surface area contributed by atoms with Crippen molar-refractivity contribution in [2.75, 3.05) is 5.75 Å². The van der Waals surface area contributed by atoms with Crippen molar-refractivity contribution in [1.29, 1.82) is 0 Å². The first-order valence-corrected chi connectivity index (χ1v) is 7.04. The van der Waals surface area contributed by atoms with Gasteiger partial charge in [-0.15, -0.1) is 0 Å². The van der Waals surface area contributed by atoms with Crippen molar-refractivity contribution in [3.8, 4) is 0 Å². The van der Waals surface area contributed by atoms with Crippen molar-refractivity contribution in [1.82, 2.24) is 0 Å². The van der Waals surface area contributed by atoms with Crippen molar-refractivity contribution >= 4 is 10.1 Å². The molecule has 0 bridgehead atoms. The van der Waals surface area contributed by atoms with Gasteiger partial charge in [-0.25, -0.2) is 0 Å². The van der Waals surface area contributed by atoms with Crippen LogP contribution in [0.15, 0.2) is 0 Å². The Morgan fingerprint density at radius 3 is 2.36 bits per heavy atom. The van der Waals surface area contributed by atoms with E-state index >= 15 is 0 Å². The van der Waals surface area contributed by atoms with Crippen LogP contribution in [0, 0.1) is 5.92 Å². The predicted octanol–water partition coefficient (Wildman–Crippen LogP) is 2.32. The molecule has 4 heteroatoms. The topological polar surface area (TPSA) is 43.4 Å². The molecule has 0 aromatic rings. The van der Waals surface area contributed by atoms with E-state index in [1.165, 1.54) is 19.3 Å². The molecule has 14 heavy (non-hydrogen) atoms. The summed E-state index contributed by atoms with van der Waals surface area (Å²) in [6, 6.07) is 0. The Morgan fingerprint density at radius 1 is 1.29 bits per heavy atom. The maximum atomic E-state index is 11.2. The number of rotatable bonds is 4. The minimum atomic E-state index is -3.27. The molecule has 1 unspecified atom stereocenters. The van der Waals surface area contributed by atoms with Crippen molar-refractivity contribution in [2.24, 2.45) is 5.92 Å². The van der Waals surface area contributed by atoms with Gasteiger partial charge in [-0.05, 0) is 32.6 Å². The summed E-state index contributed by atoms with van der Waals surface area (Å²) < 4.78 is 27.6. The Morgan fingerprint density at radius 2 is 1.86 bits per heavy atom. The Balaban J connectivity index is 2.44. The van der Waals surface area contributed by atoms with Gasteiger partial charge in [0.25, 0.3) is 10.1 Å². The van der Waals surface area contributed by atoms with Gasteiger partial charge in [0, 0.05) is 0 Å². The van der Waals surface area contributed by atoms with Crippen LogP contribution in [0.5, 0.6) is 0 Å². The molecule has 0 spiro atoms. The summed E-state index contributed by atoms with van der Waals surface area (Å²) >= 11 is 0. The Bertz CT molecular complexity index is 253. The molecule has 84 valence electrons. The third kappa shape index (κ3) is 3.58. The Hall–Kier alpha value is -0.0900. The van der Waals surface area contributed by atoms with Crippen LogP contribution in [-0.4, -0.2) is 20.3 Å². The van der Waals surface area contributed by atoms with E-state index in [4.69, 9.17) is 4.18 Å². The molecule has 1 saturated carbocycles. The maximum absolute atomic E-state index is 11.2. The van der Waals surface area contributed by atoms with E-state index < -0.39 is 10.1 Å². The predicted molar refractivity (Wildman–Crippen MR) is 56.6 cm³/mol. The molecule has 0 amide bonds. The molecule has 0 aliphatic heterocycles. The van der Waals surface area contributed by atoms with E-state index in [1.807, 2.05) is 6.92 Å². The highest BCUT2D eigenvalue weighted by Gasteiger charge is 2.24. The molecule has 1 aliphatic carbocycles. The highest BCUT2D eigenvalue weighted by molar-refractivity contribution is 7.86. The summed E-state index contributed by atoms with van der Waals surface area (Å²) in [4.78, 5) is 0. The lowest BCUT2D eigenvalue weighted by atomic mass is 9.86. The van der Waals surface area contributed by atoms with Gasteiger partial charge >= 0.3 is 0 Å². The molecular formula is C10H20O3S. The highest BCUT2D eigenvalue weighted by Crippen LogP contribution is 2.28. The smallest absolute Gasteiger partial charge is 0.267 e. The number of hydrogen-bond acceptors (Lipinski definition) is 3. The van der Waals surface area contributed by atoms with E-state index in [-0.39, 0.29) is 11.9 Å². The minimum absolute atomic E-state index is 0.0735. The SMILES string of the molecule is CCS(=O)(=O)OC(C)C1CCCCC1. The molecular weight excluding hydrogens is 200 g/mol. The normalized spacial score (nSPS) is 22.1. The van der Waals surface area contributed by atoms with Gasteiger partial charge in [0.15, 0.2) is 0 Å². The summed E-state index contributed by atoms with van der Waals surface area (Å²) in [5.74, 6) is 0.509. The summed E-state index contributed by atoms with van der Waals surface area (Å²) in [5, 5.41) is 0. The lowest BCUT2D eigenvalue weighted by Crippen LogP contribution is -2.26. The van der Waals surface area contributed by atoms with Gasteiger partial charge in [-0.3, -0.25) is 4.18 Å². The van der Waals surface area contributed by atoms with Gasteiger partial charge in [-0.1, -0.05) is 19.3 Å². The maximum Gasteiger partial charge on any atom is 0.267 e. The van der Waals surface area contributed by atoms with Gasteiger partial charge in [0.2, 0.25) is 0 Å². The Labute approximate surface area is 87.0 Å². The zero-order chi connectivity index (χ0) is 10.6. The van der Waals surface area contributed by atoms with Crippen molar-refractivity contribution in [3.63, 3.8) is 0 Å². The largest absolute Gasteiger partial charge is 0.267 e. The summed E-state index contributed by atoms with van der Waals surface area (Å²) in [5.41, 5.74) is 0. The summed E-state index contributed by atoms with van der Waals surface area (Å²) in [7, 11) is -3.27. The lowest BCUT2D eigenvalue weighted by molar-refractivity contribution is 0.130. The summed E-state index contributed by atoms with van der Waals surface area (Å²) in [6.07, 6.45) is 5.79. The molecule has 0 N–H and O–H groups in total. The minimum Gasteiger partial charge on any atom is -0.267 e. The van der Waals surface area contributed by atoms with Crippen LogP contribution >= 0.6 is 0 Å². The molecule has 3 nitrogen and oxygen atoms in total. The molecule has 0 radical (unpaired) electrons. The Kier molecular flexibility index (Phi) is 4.38. The quantitative estimate of drug-likeness (QED) is 0.683. The average Bonchev–Trinajstić information content (AvgIpc) is 2.19. The molecule has 0 aromatic carbocycles. The zero-order valence-corrected chi connectivity index (χ0v) is 9.85. The highest BCUT2D eigenvalue weighted by atomic mass is 32.2. The second-order valence-corrected chi connectivity index (χ2v) is 5.93. The standard InChI is InChI=1S/C10H20O3S/c1-3-14(11,12)13-9(2)10-7-5-4-6-8-10/h9-10H,3-8H2,1-2H3. The van der Waals surface area contributed by atoms with E-state index in [0.29, 0.717) is 5.92 Å². The van der Waals surface area contributed by atoms with Crippen molar-refractivity contribution < 1.29 is 12.6 Å². The van der Waals surface area contributed by atoms with Crippen LogP contribution in [0.3, 0.4) is 0 Å². The molecule has 1 aliphatic rings. The summed E-state index contributed by atoms with van der Waals surface area (Å²) in [6.45, 7) is 3.49. The van der Waals surface area contributed by atoms with Crippen LogP contribution in [0.4, 0.5) is 0 Å². The lowest BCUT2D eigenvalue weighted by Gasteiger charge is -2.26.